The third-order valence-corrected chi connectivity index (χ3v) is 3.76. The minimum Gasteiger partial charge on any atom is -0.380 e. The van der Waals surface area contributed by atoms with Crippen molar-refractivity contribution in [3.63, 3.8) is 0 Å². The van der Waals surface area contributed by atoms with Gasteiger partial charge in [0, 0.05) is 38.9 Å². The van der Waals surface area contributed by atoms with Crippen LogP contribution < -0.4 is 0 Å². The second-order valence-electron chi connectivity index (χ2n) is 5.60. The minimum atomic E-state index is -4.51. The van der Waals surface area contributed by atoms with E-state index in [4.69, 9.17) is 4.74 Å². The molecule has 24 heavy (non-hydrogen) atoms. The fourth-order valence-corrected chi connectivity index (χ4v) is 2.59. The molecule has 1 heterocycles. The first kappa shape index (κ1) is 18.3. The van der Waals surface area contributed by atoms with E-state index in [-0.39, 0.29) is 32.1 Å². The normalized spacial score (nSPS) is 15.5. The summed E-state index contributed by atoms with van der Waals surface area (Å²) in [6.45, 7) is 1.05. The number of ether oxygens (including phenoxy) is 1. The summed E-state index contributed by atoms with van der Waals surface area (Å²) < 4.78 is 41.8. The van der Waals surface area contributed by atoms with Crippen molar-refractivity contribution in [3.05, 3.63) is 35.4 Å². The van der Waals surface area contributed by atoms with Gasteiger partial charge in [-0.2, -0.15) is 13.2 Å². The van der Waals surface area contributed by atoms with Crippen molar-refractivity contribution in [2.45, 2.75) is 19.2 Å². The zero-order valence-corrected chi connectivity index (χ0v) is 13.3. The molecule has 1 aromatic carbocycles. The number of piperazine rings is 1. The maximum Gasteiger partial charge on any atom is 0.397 e. The van der Waals surface area contributed by atoms with Gasteiger partial charge in [0.1, 0.15) is 6.42 Å². The smallest absolute Gasteiger partial charge is 0.380 e. The van der Waals surface area contributed by atoms with Crippen molar-refractivity contribution < 1.29 is 27.5 Å². The van der Waals surface area contributed by atoms with E-state index in [1.807, 2.05) is 6.07 Å². The molecule has 0 aromatic heterocycles. The van der Waals surface area contributed by atoms with Crippen LogP contribution in [0.5, 0.6) is 0 Å². The zero-order valence-electron chi connectivity index (χ0n) is 13.3. The summed E-state index contributed by atoms with van der Waals surface area (Å²) in [7, 11) is 1.56. The van der Waals surface area contributed by atoms with Crippen LogP contribution in [-0.2, 0) is 16.1 Å². The largest absolute Gasteiger partial charge is 0.397 e. The molecule has 5 nitrogen and oxygen atoms in total. The zero-order chi connectivity index (χ0) is 17.7. The van der Waals surface area contributed by atoms with E-state index in [2.05, 4.69) is 0 Å². The van der Waals surface area contributed by atoms with Crippen LogP contribution in [0, 0.1) is 0 Å². The van der Waals surface area contributed by atoms with E-state index in [1.54, 1.807) is 30.2 Å². The molecule has 132 valence electrons. The van der Waals surface area contributed by atoms with Gasteiger partial charge in [-0.3, -0.25) is 9.59 Å². The number of rotatable bonds is 4. The minimum absolute atomic E-state index is 0.110. The second kappa shape index (κ2) is 7.65. The topological polar surface area (TPSA) is 49.9 Å². The Balaban J connectivity index is 1.93. The van der Waals surface area contributed by atoms with Crippen LogP contribution in [0.4, 0.5) is 13.2 Å². The van der Waals surface area contributed by atoms with Crippen molar-refractivity contribution in [2.75, 3.05) is 33.3 Å². The molecule has 2 amide bonds. The summed E-state index contributed by atoms with van der Waals surface area (Å²) in [6, 6.07) is 7.01. The van der Waals surface area contributed by atoms with Crippen LogP contribution >= 0.6 is 0 Å². The highest BCUT2D eigenvalue weighted by Gasteiger charge is 2.34. The molecule has 0 unspecified atom stereocenters. The molecular formula is C16H19F3N2O3. The molecule has 1 aliphatic rings. The summed E-state index contributed by atoms with van der Waals surface area (Å²) in [5.41, 5.74) is 1.36. The Bertz CT molecular complexity index is 596. The number of nitrogens with zero attached hydrogens (tertiary/aromatic N) is 2. The van der Waals surface area contributed by atoms with E-state index in [9.17, 15) is 22.8 Å². The first-order chi connectivity index (χ1) is 11.3. The molecule has 8 heteroatoms. The van der Waals surface area contributed by atoms with Gasteiger partial charge < -0.3 is 14.5 Å². The Morgan fingerprint density at radius 1 is 1.12 bits per heavy atom. The SMILES string of the molecule is COCc1cccc(C(=O)N2CCN(C(=O)CC(F)(F)F)CC2)c1. The fourth-order valence-electron chi connectivity index (χ4n) is 2.59. The van der Waals surface area contributed by atoms with Crippen molar-refractivity contribution >= 4 is 11.8 Å². The number of hydrogen-bond acceptors (Lipinski definition) is 3. The lowest BCUT2D eigenvalue weighted by Crippen LogP contribution is -2.51. The van der Waals surface area contributed by atoms with Crippen molar-refractivity contribution in [3.8, 4) is 0 Å². The van der Waals surface area contributed by atoms with Gasteiger partial charge in [-0.15, -0.1) is 0 Å². The molecule has 1 aliphatic heterocycles. The first-order valence-electron chi connectivity index (χ1n) is 7.52. The number of amides is 2. The van der Waals surface area contributed by atoms with Crippen LogP contribution in [0.3, 0.4) is 0 Å². The number of carbonyl (C=O) groups excluding carboxylic acids is 2. The molecule has 0 aliphatic carbocycles. The summed E-state index contributed by atoms with van der Waals surface area (Å²) in [6.07, 6.45) is -5.97. The maximum absolute atomic E-state index is 12.5. The number of methoxy groups -OCH3 is 1. The molecule has 0 atom stereocenters. The Hall–Kier alpha value is -2.09. The van der Waals surface area contributed by atoms with Crippen molar-refractivity contribution in [2.24, 2.45) is 0 Å². The maximum atomic E-state index is 12.5. The lowest BCUT2D eigenvalue weighted by molar-refractivity contribution is -0.162. The molecular weight excluding hydrogens is 325 g/mol. The van der Waals surface area contributed by atoms with E-state index >= 15 is 0 Å². The third-order valence-electron chi connectivity index (χ3n) is 3.76. The van der Waals surface area contributed by atoms with Gasteiger partial charge in [-0.1, -0.05) is 12.1 Å². The van der Waals surface area contributed by atoms with Crippen LogP contribution in [0.15, 0.2) is 24.3 Å². The number of alkyl halides is 3. The summed E-state index contributed by atoms with van der Waals surface area (Å²) in [4.78, 5) is 26.7. The highest BCUT2D eigenvalue weighted by Crippen LogP contribution is 2.21. The molecule has 0 bridgehead atoms. The summed E-state index contributed by atoms with van der Waals surface area (Å²) >= 11 is 0. The average Bonchev–Trinajstić information content (AvgIpc) is 2.53. The Morgan fingerprint density at radius 3 is 2.33 bits per heavy atom. The predicted octanol–water partition coefficient (Wildman–Crippen LogP) is 2.07. The fraction of sp³-hybridized carbons (Fsp3) is 0.500. The Labute approximate surface area is 138 Å². The molecule has 0 spiro atoms. The van der Waals surface area contributed by atoms with E-state index < -0.39 is 18.5 Å². The summed E-state index contributed by atoms with van der Waals surface area (Å²) in [5.74, 6) is -1.15. The van der Waals surface area contributed by atoms with Gasteiger partial charge in [-0.05, 0) is 17.7 Å². The van der Waals surface area contributed by atoms with E-state index in [1.165, 1.54) is 0 Å². The lowest BCUT2D eigenvalue weighted by atomic mass is 10.1. The van der Waals surface area contributed by atoms with Crippen LogP contribution in [-0.4, -0.2) is 61.1 Å². The van der Waals surface area contributed by atoms with E-state index in [0.29, 0.717) is 12.2 Å². The highest BCUT2D eigenvalue weighted by molar-refractivity contribution is 5.94. The molecule has 0 radical (unpaired) electrons. The average molecular weight is 344 g/mol. The molecule has 2 rings (SSSR count). The van der Waals surface area contributed by atoms with Crippen molar-refractivity contribution in [1.82, 2.24) is 9.80 Å². The Kier molecular flexibility index (Phi) is 5.82. The van der Waals surface area contributed by atoms with Crippen molar-refractivity contribution in [1.29, 1.82) is 0 Å². The quantitative estimate of drug-likeness (QED) is 0.840. The monoisotopic (exact) mass is 344 g/mol. The number of halogens is 3. The van der Waals surface area contributed by atoms with Gasteiger partial charge in [0.05, 0.1) is 6.61 Å². The second-order valence-corrected chi connectivity index (χ2v) is 5.60. The predicted molar refractivity (Wildman–Crippen MR) is 80.3 cm³/mol. The molecule has 1 fully saturated rings. The molecule has 1 saturated heterocycles. The van der Waals surface area contributed by atoms with E-state index in [0.717, 1.165) is 10.5 Å². The van der Waals surface area contributed by atoms with Gasteiger partial charge in [0.25, 0.3) is 5.91 Å². The van der Waals surface area contributed by atoms with Gasteiger partial charge >= 0.3 is 6.18 Å². The Morgan fingerprint density at radius 2 is 1.75 bits per heavy atom. The number of benzene rings is 1. The summed E-state index contributed by atoms with van der Waals surface area (Å²) in [5, 5.41) is 0. The van der Waals surface area contributed by atoms with Gasteiger partial charge in [-0.25, -0.2) is 0 Å². The number of carbonyl (C=O) groups is 2. The third kappa shape index (κ3) is 4.95. The van der Waals surface area contributed by atoms with Gasteiger partial charge in [0.2, 0.25) is 5.91 Å². The van der Waals surface area contributed by atoms with Crippen LogP contribution in [0.2, 0.25) is 0 Å². The molecule has 1 aromatic rings. The molecule has 0 saturated carbocycles. The standard InChI is InChI=1S/C16H19F3N2O3/c1-24-11-12-3-2-4-13(9-12)15(23)21-7-5-20(6-8-21)14(22)10-16(17,18)19/h2-4,9H,5-8,10-11H2,1H3. The van der Waals surface area contributed by atoms with Crippen LogP contribution in [0.25, 0.3) is 0 Å². The number of hydrogen-bond donors (Lipinski definition) is 0. The molecule has 0 N–H and O–H groups in total. The van der Waals surface area contributed by atoms with Gasteiger partial charge in [0.15, 0.2) is 0 Å². The van der Waals surface area contributed by atoms with Crippen LogP contribution in [0.1, 0.15) is 22.3 Å². The first-order valence-corrected chi connectivity index (χ1v) is 7.52. The lowest BCUT2D eigenvalue weighted by Gasteiger charge is -2.35. The highest BCUT2D eigenvalue weighted by atomic mass is 19.4.